The van der Waals surface area contributed by atoms with Crippen molar-refractivity contribution in [2.24, 2.45) is 17.8 Å². The Bertz CT molecular complexity index is 394. The van der Waals surface area contributed by atoms with Crippen LogP contribution < -0.4 is 5.32 Å². The van der Waals surface area contributed by atoms with Crippen LogP contribution >= 0.6 is 15.9 Å². The van der Waals surface area contributed by atoms with Gasteiger partial charge in [0.2, 0.25) is 0 Å². The van der Waals surface area contributed by atoms with Crippen molar-refractivity contribution in [3.63, 3.8) is 0 Å². The Morgan fingerprint density at radius 3 is 2.84 bits per heavy atom. The first-order valence-corrected chi connectivity index (χ1v) is 8.26. The zero-order chi connectivity index (χ0) is 13.7. The predicted octanol–water partition coefficient (Wildman–Crippen LogP) is 4.05. The van der Waals surface area contributed by atoms with Gasteiger partial charge in [-0.2, -0.15) is 0 Å². The van der Waals surface area contributed by atoms with Gasteiger partial charge in [0, 0.05) is 16.9 Å². The third-order valence-electron chi connectivity index (χ3n) is 4.55. The number of nitrogens with zero attached hydrogens (tertiary/aromatic N) is 1. The average Bonchev–Trinajstić information content (AvgIpc) is 2.41. The van der Waals surface area contributed by atoms with Gasteiger partial charge in [0.15, 0.2) is 0 Å². The zero-order valence-corrected chi connectivity index (χ0v) is 13.6. The minimum atomic E-state index is 0.808. The molecule has 0 amide bonds. The van der Waals surface area contributed by atoms with Gasteiger partial charge >= 0.3 is 0 Å². The summed E-state index contributed by atoms with van der Waals surface area (Å²) in [6.07, 6.45) is 10.6. The first kappa shape index (κ1) is 15.0. The SMILES string of the molecule is CCC1CCC(CNC)C(Cc2cncc(Br)c2)C1. The third-order valence-corrected chi connectivity index (χ3v) is 4.99. The Kier molecular flexibility index (Phi) is 5.83. The minimum absolute atomic E-state index is 0.808. The van der Waals surface area contributed by atoms with Crippen LogP contribution in [0.1, 0.15) is 38.2 Å². The van der Waals surface area contributed by atoms with E-state index in [1.807, 2.05) is 12.4 Å². The topological polar surface area (TPSA) is 24.9 Å². The Morgan fingerprint density at radius 2 is 2.16 bits per heavy atom. The van der Waals surface area contributed by atoms with Crippen LogP contribution in [0.2, 0.25) is 0 Å². The van der Waals surface area contributed by atoms with Crippen molar-refractivity contribution in [2.75, 3.05) is 13.6 Å². The van der Waals surface area contributed by atoms with E-state index in [4.69, 9.17) is 0 Å². The van der Waals surface area contributed by atoms with E-state index in [1.54, 1.807) is 0 Å². The molecule has 1 saturated carbocycles. The van der Waals surface area contributed by atoms with Gasteiger partial charge in [0.1, 0.15) is 0 Å². The van der Waals surface area contributed by atoms with E-state index in [-0.39, 0.29) is 0 Å². The van der Waals surface area contributed by atoms with Crippen molar-refractivity contribution < 1.29 is 0 Å². The molecular formula is C16H25BrN2. The van der Waals surface area contributed by atoms with Crippen molar-refractivity contribution in [1.82, 2.24) is 10.3 Å². The van der Waals surface area contributed by atoms with E-state index in [9.17, 15) is 0 Å². The molecule has 1 aliphatic carbocycles. The molecule has 1 aromatic rings. The molecular weight excluding hydrogens is 300 g/mol. The first-order valence-electron chi connectivity index (χ1n) is 7.47. The third kappa shape index (κ3) is 4.28. The fraction of sp³-hybridized carbons (Fsp3) is 0.688. The Morgan fingerprint density at radius 1 is 1.32 bits per heavy atom. The maximum Gasteiger partial charge on any atom is 0.0410 e. The summed E-state index contributed by atoms with van der Waals surface area (Å²) in [6, 6.07) is 2.22. The predicted molar refractivity (Wildman–Crippen MR) is 84.2 cm³/mol. The lowest BCUT2D eigenvalue weighted by Gasteiger charge is -2.36. The summed E-state index contributed by atoms with van der Waals surface area (Å²) in [5.74, 6) is 2.56. The number of nitrogens with one attached hydrogen (secondary N) is 1. The summed E-state index contributed by atoms with van der Waals surface area (Å²) >= 11 is 3.52. The smallest absolute Gasteiger partial charge is 0.0410 e. The van der Waals surface area contributed by atoms with Gasteiger partial charge in [-0.15, -0.1) is 0 Å². The fourth-order valence-corrected chi connectivity index (χ4v) is 3.86. The molecule has 1 N–H and O–H groups in total. The summed E-state index contributed by atoms with van der Waals surface area (Å²) in [7, 11) is 2.07. The van der Waals surface area contributed by atoms with Gasteiger partial charge in [-0.25, -0.2) is 0 Å². The Labute approximate surface area is 125 Å². The molecule has 1 aromatic heterocycles. The van der Waals surface area contributed by atoms with Crippen LogP contribution in [0.4, 0.5) is 0 Å². The normalized spacial score (nSPS) is 27.4. The summed E-state index contributed by atoms with van der Waals surface area (Å²) in [5.41, 5.74) is 1.37. The highest BCUT2D eigenvalue weighted by Crippen LogP contribution is 2.37. The van der Waals surface area contributed by atoms with Gasteiger partial charge in [-0.05, 0) is 78.2 Å². The second kappa shape index (κ2) is 7.39. The molecule has 0 bridgehead atoms. The van der Waals surface area contributed by atoms with Crippen molar-refractivity contribution in [3.05, 3.63) is 28.5 Å². The lowest BCUT2D eigenvalue weighted by atomic mass is 9.71. The van der Waals surface area contributed by atoms with Crippen LogP contribution in [-0.4, -0.2) is 18.6 Å². The van der Waals surface area contributed by atoms with Crippen molar-refractivity contribution in [3.8, 4) is 0 Å². The molecule has 3 atom stereocenters. The largest absolute Gasteiger partial charge is 0.319 e. The molecule has 106 valence electrons. The van der Waals surface area contributed by atoms with Crippen LogP contribution in [0.5, 0.6) is 0 Å². The molecule has 0 radical (unpaired) electrons. The van der Waals surface area contributed by atoms with E-state index < -0.39 is 0 Å². The molecule has 2 nitrogen and oxygen atoms in total. The van der Waals surface area contributed by atoms with Crippen LogP contribution in [-0.2, 0) is 6.42 Å². The summed E-state index contributed by atoms with van der Waals surface area (Å²) in [4.78, 5) is 4.30. The van der Waals surface area contributed by atoms with E-state index in [1.165, 1.54) is 37.7 Å². The van der Waals surface area contributed by atoms with E-state index in [0.717, 1.165) is 28.8 Å². The molecule has 1 fully saturated rings. The molecule has 1 heterocycles. The first-order chi connectivity index (χ1) is 9.22. The average molecular weight is 325 g/mol. The number of aromatic nitrogens is 1. The quantitative estimate of drug-likeness (QED) is 0.883. The van der Waals surface area contributed by atoms with Gasteiger partial charge < -0.3 is 5.32 Å². The number of halogens is 1. The highest BCUT2D eigenvalue weighted by atomic mass is 79.9. The number of rotatable bonds is 5. The molecule has 0 spiro atoms. The van der Waals surface area contributed by atoms with Crippen molar-refractivity contribution >= 4 is 15.9 Å². The maximum absolute atomic E-state index is 4.30. The number of hydrogen-bond donors (Lipinski definition) is 1. The van der Waals surface area contributed by atoms with Crippen LogP contribution in [0.25, 0.3) is 0 Å². The molecule has 0 aliphatic heterocycles. The van der Waals surface area contributed by atoms with Crippen LogP contribution in [0.15, 0.2) is 22.9 Å². The lowest BCUT2D eigenvalue weighted by Crippen LogP contribution is -2.33. The molecule has 0 aromatic carbocycles. The van der Waals surface area contributed by atoms with E-state index >= 15 is 0 Å². The molecule has 2 rings (SSSR count). The summed E-state index contributed by atoms with van der Waals surface area (Å²) in [5, 5.41) is 3.37. The molecule has 3 heteroatoms. The summed E-state index contributed by atoms with van der Waals surface area (Å²) in [6.45, 7) is 3.49. The summed E-state index contributed by atoms with van der Waals surface area (Å²) < 4.78 is 1.10. The molecule has 1 aliphatic rings. The van der Waals surface area contributed by atoms with Gasteiger partial charge in [0.25, 0.3) is 0 Å². The lowest BCUT2D eigenvalue weighted by molar-refractivity contribution is 0.173. The van der Waals surface area contributed by atoms with Crippen molar-refractivity contribution in [1.29, 1.82) is 0 Å². The maximum atomic E-state index is 4.30. The number of hydrogen-bond acceptors (Lipinski definition) is 2. The molecule has 3 unspecified atom stereocenters. The second-order valence-electron chi connectivity index (χ2n) is 5.88. The Balaban J connectivity index is 2.04. The highest BCUT2D eigenvalue weighted by molar-refractivity contribution is 9.10. The van der Waals surface area contributed by atoms with Crippen LogP contribution in [0, 0.1) is 17.8 Å². The zero-order valence-electron chi connectivity index (χ0n) is 12.0. The highest BCUT2D eigenvalue weighted by Gasteiger charge is 2.29. The Hall–Kier alpha value is -0.410. The van der Waals surface area contributed by atoms with Crippen LogP contribution in [0.3, 0.4) is 0 Å². The van der Waals surface area contributed by atoms with Gasteiger partial charge in [-0.3, -0.25) is 4.98 Å². The number of pyridine rings is 1. The monoisotopic (exact) mass is 324 g/mol. The second-order valence-corrected chi connectivity index (χ2v) is 6.80. The van der Waals surface area contributed by atoms with Gasteiger partial charge in [0.05, 0.1) is 0 Å². The van der Waals surface area contributed by atoms with E-state index in [2.05, 4.69) is 46.3 Å². The minimum Gasteiger partial charge on any atom is -0.319 e. The molecule has 0 saturated heterocycles. The fourth-order valence-electron chi connectivity index (χ4n) is 3.45. The standard InChI is InChI=1S/C16H25BrN2/c1-3-12-4-5-14(10-18-2)15(6-12)7-13-8-16(17)11-19-9-13/h8-9,11-12,14-15,18H,3-7,10H2,1-2H3. The van der Waals surface area contributed by atoms with Crippen molar-refractivity contribution in [2.45, 2.75) is 39.0 Å². The van der Waals surface area contributed by atoms with E-state index in [0.29, 0.717) is 0 Å². The van der Waals surface area contributed by atoms with Gasteiger partial charge in [-0.1, -0.05) is 19.8 Å². The molecule has 19 heavy (non-hydrogen) atoms.